The molecule has 0 aromatic carbocycles. The molecule has 3 rings (SSSR count). The average Bonchev–Trinajstić information content (AvgIpc) is 2.63. The number of nitrogens with one attached hydrogen (secondary N) is 1. The second-order valence-corrected chi connectivity index (χ2v) is 5.68. The van der Waals surface area contributed by atoms with Gasteiger partial charge in [0, 0.05) is 45.1 Å². The number of hydrogen-bond donors (Lipinski definition) is 1. The van der Waals surface area contributed by atoms with E-state index >= 15 is 0 Å². The Labute approximate surface area is 137 Å². The van der Waals surface area contributed by atoms with Gasteiger partial charge in [-0.15, -0.1) is 0 Å². The van der Waals surface area contributed by atoms with Gasteiger partial charge in [-0.05, 0) is 24.6 Å². The maximum Gasteiger partial charge on any atom is 0.224 e. The highest BCUT2D eigenvalue weighted by Gasteiger charge is 2.19. The fourth-order valence-corrected chi connectivity index (χ4v) is 2.69. The molecule has 0 radical (unpaired) electrons. The number of piperazine rings is 1. The molecule has 3 heterocycles. The second kappa shape index (κ2) is 7.76. The zero-order valence-corrected chi connectivity index (χ0v) is 13.6. The van der Waals surface area contributed by atoms with Crippen molar-refractivity contribution >= 4 is 17.6 Å². The highest BCUT2D eigenvalue weighted by molar-refractivity contribution is 5.46. The lowest BCUT2D eigenvalue weighted by molar-refractivity contribution is 0.641. The van der Waals surface area contributed by atoms with Gasteiger partial charge in [0.25, 0.3) is 0 Å². The van der Waals surface area contributed by atoms with E-state index in [1.807, 2.05) is 30.6 Å². The molecule has 122 valence electrons. The van der Waals surface area contributed by atoms with Crippen molar-refractivity contribution in [3.05, 3.63) is 36.7 Å². The first-order valence-electron chi connectivity index (χ1n) is 8.34. The number of nitrogens with zero attached hydrogens (tertiary/aromatic N) is 5. The van der Waals surface area contributed by atoms with Gasteiger partial charge >= 0.3 is 0 Å². The smallest absolute Gasteiger partial charge is 0.224 e. The van der Waals surface area contributed by atoms with E-state index in [0.29, 0.717) is 0 Å². The number of hydrogen-bond acceptors (Lipinski definition) is 6. The van der Waals surface area contributed by atoms with Crippen molar-refractivity contribution in [3.8, 4) is 0 Å². The molecule has 1 fully saturated rings. The zero-order chi connectivity index (χ0) is 15.9. The van der Waals surface area contributed by atoms with Crippen molar-refractivity contribution in [3.63, 3.8) is 0 Å². The average molecular weight is 312 g/mol. The zero-order valence-electron chi connectivity index (χ0n) is 13.6. The first kappa shape index (κ1) is 15.5. The predicted octanol–water partition coefficient (Wildman–Crippen LogP) is 2.41. The molecule has 0 bridgehead atoms. The van der Waals surface area contributed by atoms with Gasteiger partial charge in [-0.1, -0.05) is 19.4 Å². The van der Waals surface area contributed by atoms with E-state index in [1.54, 1.807) is 0 Å². The van der Waals surface area contributed by atoms with E-state index in [-0.39, 0.29) is 0 Å². The molecule has 2 aromatic rings. The molecule has 1 N–H and O–H groups in total. The minimum Gasteiger partial charge on any atom is -0.354 e. The molecule has 1 aliphatic rings. The van der Waals surface area contributed by atoms with Gasteiger partial charge in [0.1, 0.15) is 11.6 Å². The van der Waals surface area contributed by atoms with Crippen LogP contribution < -0.4 is 15.1 Å². The molecule has 0 unspecified atom stereocenters. The molecule has 0 saturated carbocycles. The van der Waals surface area contributed by atoms with Crippen LogP contribution in [0.1, 0.15) is 19.8 Å². The van der Waals surface area contributed by atoms with E-state index in [9.17, 15) is 0 Å². The SMILES string of the molecule is CCCCNc1nccc(N2CCN(c3ccccn3)CC2)n1. The van der Waals surface area contributed by atoms with Crippen molar-refractivity contribution in [1.29, 1.82) is 0 Å². The molecule has 0 amide bonds. The molecule has 0 atom stereocenters. The summed E-state index contributed by atoms with van der Waals surface area (Å²) >= 11 is 0. The van der Waals surface area contributed by atoms with E-state index in [1.165, 1.54) is 6.42 Å². The van der Waals surface area contributed by atoms with Gasteiger partial charge in [-0.25, -0.2) is 9.97 Å². The maximum atomic E-state index is 4.64. The summed E-state index contributed by atoms with van der Waals surface area (Å²) in [6.45, 7) is 6.91. The van der Waals surface area contributed by atoms with E-state index in [4.69, 9.17) is 0 Å². The van der Waals surface area contributed by atoms with Crippen molar-refractivity contribution in [2.24, 2.45) is 0 Å². The van der Waals surface area contributed by atoms with Crippen molar-refractivity contribution < 1.29 is 0 Å². The summed E-state index contributed by atoms with van der Waals surface area (Å²) in [4.78, 5) is 18.0. The van der Waals surface area contributed by atoms with Crippen LogP contribution in [0.3, 0.4) is 0 Å². The molecule has 0 spiro atoms. The first-order valence-corrected chi connectivity index (χ1v) is 8.34. The van der Waals surface area contributed by atoms with Crippen LogP contribution in [-0.2, 0) is 0 Å². The summed E-state index contributed by atoms with van der Waals surface area (Å²) < 4.78 is 0. The Kier molecular flexibility index (Phi) is 5.24. The molecule has 23 heavy (non-hydrogen) atoms. The molecule has 2 aromatic heterocycles. The summed E-state index contributed by atoms with van der Waals surface area (Å²) in [5.74, 6) is 2.78. The quantitative estimate of drug-likeness (QED) is 0.827. The normalized spacial score (nSPS) is 14.8. The highest BCUT2D eigenvalue weighted by Crippen LogP contribution is 2.17. The highest BCUT2D eigenvalue weighted by atomic mass is 15.3. The van der Waals surface area contributed by atoms with Crippen molar-refractivity contribution in [1.82, 2.24) is 15.0 Å². The fourth-order valence-electron chi connectivity index (χ4n) is 2.69. The molecule has 6 heteroatoms. The monoisotopic (exact) mass is 312 g/mol. The van der Waals surface area contributed by atoms with E-state index in [2.05, 4.69) is 43.1 Å². The van der Waals surface area contributed by atoms with Crippen LogP contribution in [0.5, 0.6) is 0 Å². The van der Waals surface area contributed by atoms with Crippen molar-refractivity contribution in [2.75, 3.05) is 47.8 Å². The fraction of sp³-hybridized carbons (Fsp3) is 0.471. The standard InChI is InChI=1S/C17H24N6/c1-2-3-8-19-17-20-10-7-16(21-17)23-13-11-22(12-14-23)15-6-4-5-9-18-15/h4-7,9-10H,2-3,8,11-14H2,1H3,(H,19,20,21). The predicted molar refractivity (Wildman–Crippen MR) is 94.1 cm³/mol. The number of anilines is 3. The van der Waals surface area contributed by atoms with Gasteiger partial charge in [0.15, 0.2) is 0 Å². The maximum absolute atomic E-state index is 4.64. The van der Waals surface area contributed by atoms with Gasteiger partial charge in [0.05, 0.1) is 0 Å². The Balaban J connectivity index is 1.58. The first-order chi connectivity index (χ1) is 11.4. The van der Waals surface area contributed by atoms with Crippen molar-refractivity contribution in [2.45, 2.75) is 19.8 Å². The third kappa shape index (κ3) is 4.09. The number of unbranched alkanes of at least 4 members (excludes halogenated alkanes) is 1. The Morgan fingerprint density at radius 2 is 1.74 bits per heavy atom. The van der Waals surface area contributed by atoms with Crippen LogP contribution in [0.15, 0.2) is 36.7 Å². The summed E-state index contributed by atoms with van der Waals surface area (Å²) in [7, 11) is 0. The third-order valence-corrected chi connectivity index (χ3v) is 4.03. The second-order valence-electron chi connectivity index (χ2n) is 5.68. The summed E-state index contributed by atoms with van der Waals surface area (Å²) in [6, 6.07) is 8.04. The largest absolute Gasteiger partial charge is 0.354 e. The summed E-state index contributed by atoms with van der Waals surface area (Å²) in [5, 5.41) is 3.29. The Hall–Kier alpha value is -2.37. The molecule has 1 saturated heterocycles. The van der Waals surface area contributed by atoms with Crippen LogP contribution in [0.2, 0.25) is 0 Å². The lowest BCUT2D eigenvalue weighted by Gasteiger charge is -2.36. The number of aromatic nitrogens is 3. The van der Waals surface area contributed by atoms with Crippen LogP contribution in [0.25, 0.3) is 0 Å². The number of rotatable bonds is 6. The van der Waals surface area contributed by atoms with Gasteiger partial charge < -0.3 is 15.1 Å². The minimum absolute atomic E-state index is 0.725. The van der Waals surface area contributed by atoms with Crippen LogP contribution >= 0.6 is 0 Å². The van der Waals surface area contributed by atoms with Crippen LogP contribution in [-0.4, -0.2) is 47.7 Å². The van der Waals surface area contributed by atoms with E-state index < -0.39 is 0 Å². The minimum atomic E-state index is 0.725. The molecule has 6 nitrogen and oxygen atoms in total. The Morgan fingerprint density at radius 1 is 0.957 bits per heavy atom. The lowest BCUT2D eigenvalue weighted by atomic mass is 10.3. The molecule has 1 aliphatic heterocycles. The molecular weight excluding hydrogens is 288 g/mol. The van der Waals surface area contributed by atoms with Gasteiger partial charge in [-0.3, -0.25) is 0 Å². The topological polar surface area (TPSA) is 57.2 Å². The lowest BCUT2D eigenvalue weighted by Crippen LogP contribution is -2.47. The molecule has 0 aliphatic carbocycles. The number of pyridine rings is 1. The summed E-state index contributed by atoms with van der Waals surface area (Å²) in [6.07, 6.45) is 5.99. The van der Waals surface area contributed by atoms with Crippen LogP contribution in [0.4, 0.5) is 17.6 Å². The van der Waals surface area contributed by atoms with Gasteiger partial charge in [-0.2, -0.15) is 4.98 Å². The molecular formula is C17H24N6. The van der Waals surface area contributed by atoms with Gasteiger partial charge in [0.2, 0.25) is 5.95 Å². The summed E-state index contributed by atoms with van der Waals surface area (Å²) in [5.41, 5.74) is 0. The Morgan fingerprint density at radius 3 is 2.43 bits per heavy atom. The van der Waals surface area contributed by atoms with Crippen LogP contribution in [0, 0.1) is 0 Å². The third-order valence-electron chi connectivity index (χ3n) is 4.03. The van der Waals surface area contributed by atoms with E-state index in [0.717, 1.165) is 56.7 Å². The Bertz CT molecular complexity index is 595.